The van der Waals surface area contributed by atoms with Crippen LogP contribution in [0.5, 0.6) is 0 Å². The number of Topliss-reactive ketones (excluding diaryl/α,β-unsaturated/α-hetero) is 1. The molecule has 0 spiro atoms. The lowest BCUT2D eigenvalue weighted by Crippen LogP contribution is -2.45. The van der Waals surface area contributed by atoms with Gasteiger partial charge in [-0.25, -0.2) is 0 Å². The number of carbonyl (C=O) groups excluding carboxylic acids is 3. The molecule has 1 aromatic carbocycles. The maximum Gasteiger partial charge on any atom is 0.239 e. The van der Waals surface area contributed by atoms with Crippen LogP contribution in [-0.4, -0.2) is 30.2 Å². The quantitative estimate of drug-likeness (QED) is 0.754. The zero-order valence-corrected chi connectivity index (χ0v) is 17.4. The van der Waals surface area contributed by atoms with Crippen LogP contribution >= 0.6 is 0 Å². The van der Waals surface area contributed by atoms with Gasteiger partial charge in [-0.15, -0.1) is 0 Å². The SMILES string of the molecule is CC(=O)NCC(=O)N[C@@H](Cc1ccc(C2=CCCC=C2)cc1)C(C)=O.CCC. The molecule has 0 aliphatic heterocycles. The molecule has 0 bridgehead atoms. The summed E-state index contributed by atoms with van der Waals surface area (Å²) >= 11 is 0. The molecule has 2 rings (SSSR count). The number of hydrogen-bond donors (Lipinski definition) is 2. The largest absolute Gasteiger partial charge is 0.347 e. The van der Waals surface area contributed by atoms with E-state index < -0.39 is 6.04 Å². The van der Waals surface area contributed by atoms with Gasteiger partial charge in [0.2, 0.25) is 11.8 Å². The molecule has 1 atom stereocenters. The van der Waals surface area contributed by atoms with Crippen LogP contribution in [0.15, 0.2) is 42.5 Å². The molecule has 1 aromatic rings. The molecule has 152 valence electrons. The van der Waals surface area contributed by atoms with Crippen LogP contribution < -0.4 is 10.6 Å². The minimum atomic E-state index is -0.596. The van der Waals surface area contributed by atoms with Crippen molar-refractivity contribution in [2.75, 3.05) is 6.54 Å². The molecule has 1 aliphatic rings. The lowest BCUT2D eigenvalue weighted by atomic mass is 9.96. The van der Waals surface area contributed by atoms with Gasteiger partial charge in [0.15, 0.2) is 5.78 Å². The molecule has 0 saturated heterocycles. The van der Waals surface area contributed by atoms with E-state index in [1.807, 2.05) is 24.3 Å². The van der Waals surface area contributed by atoms with Crippen LogP contribution in [0.4, 0.5) is 0 Å². The summed E-state index contributed by atoms with van der Waals surface area (Å²) in [6, 6.07) is 7.43. The van der Waals surface area contributed by atoms with Crippen LogP contribution in [0.2, 0.25) is 0 Å². The molecule has 0 heterocycles. The van der Waals surface area contributed by atoms with Crippen molar-refractivity contribution in [3.05, 3.63) is 53.6 Å². The maximum absolute atomic E-state index is 11.8. The average molecular weight is 385 g/mol. The Morgan fingerprint density at radius 3 is 2.18 bits per heavy atom. The van der Waals surface area contributed by atoms with E-state index >= 15 is 0 Å². The van der Waals surface area contributed by atoms with Gasteiger partial charge in [0, 0.05) is 6.92 Å². The Kier molecular flexibility index (Phi) is 10.6. The fourth-order valence-electron chi connectivity index (χ4n) is 2.64. The van der Waals surface area contributed by atoms with Crippen molar-refractivity contribution in [3.63, 3.8) is 0 Å². The van der Waals surface area contributed by atoms with Crippen molar-refractivity contribution in [2.45, 2.75) is 59.4 Å². The monoisotopic (exact) mass is 384 g/mol. The fourth-order valence-corrected chi connectivity index (χ4v) is 2.64. The molecule has 28 heavy (non-hydrogen) atoms. The van der Waals surface area contributed by atoms with Gasteiger partial charge in [0.05, 0.1) is 12.6 Å². The number of benzene rings is 1. The van der Waals surface area contributed by atoms with Crippen LogP contribution in [-0.2, 0) is 20.8 Å². The van der Waals surface area contributed by atoms with Crippen LogP contribution in [0.25, 0.3) is 5.57 Å². The third-order valence-corrected chi connectivity index (χ3v) is 4.05. The van der Waals surface area contributed by atoms with Gasteiger partial charge >= 0.3 is 0 Å². The highest BCUT2D eigenvalue weighted by atomic mass is 16.2. The Hall–Kier alpha value is -2.69. The number of ketones is 1. The van der Waals surface area contributed by atoms with Crippen molar-refractivity contribution >= 4 is 23.2 Å². The van der Waals surface area contributed by atoms with E-state index in [0.717, 1.165) is 24.0 Å². The molecule has 2 N–H and O–H groups in total. The van der Waals surface area contributed by atoms with Crippen molar-refractivity contribution in [1.82, 2.24) is 10.6 Å². The summed E-state index contributed by atoms with van der Waals surface area (Å²) in [5.41, 5.74) is 3.34. The van der Waals surface area contributed by atoms with Gasteiger partial charge in [0.1, 0.15) is 0 Å². The Labute approximate surface area is 168 Å². The molecule has 0 unspecified atom stereocenters. The summed E-state index contributed by atoms with van der Waals surface area (Å²) < 4.78 is 0. The highest BCUT2D eigenvalue weighted by molar-refractivity contribution is 5.89. The number of hydrogen-bond acceptors (Lipinski definition) is 3. The fraction of sp³-hybridized carbons (Fsp3) is 0.435. The Bertz CT molecular complexity index is 718. The molecular formula is C23H32N2O3. The summed E-state index contributed by atoms with van der Waals surface area (Å²) in [6.07, 6.45) is 10.3. The van der Waals surface area contributed by atoms with Gasteiger partial charge in [0.25, 0.3) is 0 Å². The molecule has 2 amide bonds. The molecule has 0 fully saturated rings. The first kappa shape index (κ1) is 23.3. The number of allylic oxidation sites excluding steroid dienone is 4. The first-order valence-electron chi connectivity index (χ1n) is 9.87. The first-order chi connectivity index (χ1) is 13.4. The number of carbonyl (C=O) groups is 3. The highest BCUT2D eigenvalue weighted by Gasteiger charge is 2.17. The number of nitrogens with one attached hydrogen (secondary N) is 2. The maximum atomic E-state index is 11.8. The van der Waals surface area contributed by atoms with E-state index in [0.29, 0.717) is 6.42 Å². The zero-order chi connectivity index (χ0) is 20.9. The third kappa shape index (κ3) is 8.80. The van der Waals surface area contributed by atoms with E-state index in [1.54, 1.807) is 0 Å². The Morgan fingerprint density at radius 2 is 1.68 bits per heavy atom. The second-order valence-electron chi connectivity index (χ2n) is 6.89. The van der Waals surface area contributed by atoms with Gasteiger partial charge in [-0.1, -0.05) is 62.8 Å². The minimum Gasteiger partial charge on any atom is -0.347 e. The molecule has 1 aliphatic carbocycles. The van der Waals surface area contributed by atoms with Gasteiger partial charge in [-0.2, -0.15) is 0 Å². The molecule has 5 nitrogen and oxygen atoms in total. The van der Waals surface area contributed by atoms with Gasteiger partial charge in [-0.05, 0) is 42.9 Å². The topological polar surface area (TPSA) is 75.3 Å². The Morgan fingerprint density at radius 1 is 1.04 bits per heavy atom. The molecule has 5 heteroatoms. The predicted molar refractivity (Wildman–Crippen MR) is 114 cm³/mol. The van der Waals surface area contributed by atoms with E-state index in [-0.39, 0.29) is 24.1 Å². The molecular weight excluding hydrogens is 352 g/mol. The van der Waals surface area contributed by atoms with Crippen LogP contribution in [0.3, 0.4) is 0 Å². The van der Waals surface area contributed by atoms with E-state index in [2.05, 4.69) is 42.7 Å². The van der Waals surface area contributed by atoms with Crippen LogP contribution in [0, 0.1) is 0 Å². The van der Waals surface area contributed by atoms with E-state index in [1.165, 1.54) is 25.8 Å². The summed E-state index contributed by atoms with van der Waals surface area (Å²) in [7, 11) is 0. The van der Waals surface area contributed by atoms with Crippen molar-refractivity contribution in [2.24, 2.45) is 0 Å². The summed E-state index contributed by atoms with van der Waals surface area (Å²) in [5.74, 6) is -0.765. The molecule has 0 aromatic heterocycles. The van der Waals surface area contributed by atoms with Crippen LogP contribution in [0.1, 0.15) is 58.1 Å². The zero-order valence-electron chi connectivity index (χ0n) is 17.4. The molecule has 0 saturated carbocycles. The summed E-state index contributed by atoms with van der Waals surface area (Å²) in [4.78, 5) is 34.5. The summed E-state index contributed by atoms with van der Waals surface area (Å²) in [6.45, 7) is 6.92. The van der Waals surface area contributed by atoms with Gasteiger partial charge < -0.3 is 10.6 Å². The number of rotatable bonds is 7. The predicted octanol–water partition coefficient (Wildman–Crippen LogP) is 3.59. The second-order valence-corrected chi connectivity index (χ2v) is 6.89. The average Bonchev–Trinajstić information content (AvgIpc) is 2.67. The van der Waals surface area contributed by atoms with Crippen molar-refractivity contribution in [3.8, 4) is 0 Å². The standard InChI is InChI=1S/C20H24N2O3.C3H8/c1-14(23)19(22-20(25)13-21-15(2)24)12-16-8-10-18(11-9-16)17-6-4-3-5-7-17;1-3-2/h4,6-11,19H,3,5,12-13H2,1-2H3,(H,21,24)(H,22,25);3H2,1-2H3/t19-;/m0./s1. The summed E-state index contributed by atoms with van der Waals surface area (Å²) in [5, 5.41) is 5.09. The van der Waals surface area contributed by atoms with E-state index in [4.69, 9.17) is 0 Å². The smallest absolute Gasteiger partial charge is 0.239 e. The highest BCUT2D eigenvalue weighted by Crippen LogP contribution is 2.21. The van der Waals surface area contributed by atoms with Gasteiger partial charge in [-0.3, -0.25) is 14.4 Å². The lowest BCUT2D eigenvalue weighted by Gasteiger charge is -2.16. The van der Waals surface area contributed by atoms with Crippen molar-refractivity contribution < 1.29 is 14.4 Å². The normalized spacial score (nSPS) is 13.5. The lowest BCUT2D eigenvalue weighted by molar-refractivity contribution is -0.127. The third-order valence-electron chi connectivity index (χ3n) is 4.05. The van der Waals surface area contributed by atoms with Crippen molar-refractivity contribution in [1.29, 1.82) is 0 Å². The molecule has 0 radical (unpaired) electrons. The minimum absolute atomic E-state index is 0.113. The second kappa shape index (κ2) is 12.7. The van der Waals surface area contributed by atoms with E-state index in [9.17, 15) is 14.4 Å². The Balaban J connectivity index is 0.00000122. The number of amides is 2. The first-order valence-corrected chi connectivity index (χ1v) is 9.87.